The lowest BCUT2D eigenvalue weighted by molar-refractivity contribution is 0.0982. The maximum absolute atomic E-state index is 13.8. The van der Waals surface area contributed by atoms with Gasteiger partial charge in [-0.25, -0.2) is 10.2 Å². The van der Waals surface area contributed by atoms with E-state index in [4.69, 9.17) is 0 Å². The van der Waals surface area contributed by atoms with Gasteiger partial charge in [0.15, 0.2) is 0 Å². The summed E-state index contributed by atoms with van der Waals surface area (Å²) < 4.78 is 0. The van der Waals surface area contributed by atoms with Crippen molar-refractivity contribution in [2.45, 2.75) is 19.3 Å². The number of aromatic nitrogens is 2. The molecule has 0 fully saturated rings. The number of hydrazone groups is 1. The second-order valence-corrected chi connectivity index (χ2v) is 11.0. The molecule has 0 radical (unpaired) electrons. The lowest BCUT2D eigenvalue weighted by Gasteiger charge is -2.17. The van der Waals surface area contributed by atoms with Gasteiger partial charge in [-0.05, 0) is 65.9 Å². The molecule has 7 rings (SSSR count). The molecule has 1 atom stereocenters. The average Bonchev–Trinajstić information content (AvgIpc) is 3.75. The third kappa shape index (κ3) is 4.89. The van der Waals surface area contributed by atoms with Crippen molar-refractivity contribution in [3.05, 3.63) is 95.8 Å². The Morgan fingerprint density at radius 1 is 0.889 bits per heavy atom. The number of nitrogens with zero attached hydrogens (tertiary/aromatic N) is 2. The normalized spacial score (nSPS) is 14.1. The molecule has 0 spiro atoms. The van der Waals surface area contributed by atoms with E-state index in [2.05, 4.69) is 44.8 Å². The zero-order chi connectivity index (χ0) is 31.2. The van der Waals surface area contributed by atoms with Crippen LogP contribution < -0.4 is 21.0 Å². The highest BCUT2D eigenvalue weighted by Crippen LogP contribution is 2.46. The van der Waals surface area contributed by atoms with Crippen LogP contribution in [0.25, 0.3) is 32.6 Å². The number of hydrogen-bond donors (Lipinski definition) is 6. The van der Waals surface area contributed by atoms with Crippen LogP contribution >= 0.6 is 0 Å². The lowest BCUT2D eigenvalue weighted by Crippen LogP contribution is -2.30. The molecule has 2 aromatic heterocycles. The highest BCUT2D eigenvalue weighted by molar-refractivity contribution is 6.12. The molecule has 6 N–H and O–H groups in total. The number of H-pyrrole nitrogens is 2. The summed E-state index contributed by atoms with van der Waals surface area (Å²) in [5.41, 5.74) is 7.36. The minimum Gasteiger partial charge on any atom is -0.507 e. The summed E-state index contributed by atoms with van der Waals surface area (Å²) in [6.45, 7) is 5.85. The molecule has 0 saturated carbocycles. The number of rotatable bonds is 6. The highest BCUT2D eigenvalue weighted by Gasteiger charge is 2.35. The number of anilines is 3. The van der Waals surface area contributed by atoms with E-state index in [9.17, 15) is 19.5 Å². The van der Waals surface area contributed by atoms with Gasteiger partial charge in [-0.15, -0.1) is 0 Å². The van der Waals surface area contributed by atoms with Crippen LogP contribution in [0, 0.1) is 0 Å². The summed E-state index contributed by atoms with van der Waals surface area (Å²) >= 11 is 0. The van der Waals surface area contributed by atoms with Gasteiger partial charge in [0.25, 0.3) is 11.8 Å². The molecule has 0 aliphatic carbocycles. The molecule has 1 unspecified atom stereocenters. The van der Waals surface area contributed by atoms with E-state index >= 15 is 0 Å². The largest absolute Gasteiger partial charge is 0.507 e. The second-order valence-electron chi connectivity index (χ2n) is 11.0. The average molecular weight is 600 g/mol. The minimum absolute atomic E-state index is 0.150. The van der Waals surface area contributed by atoms with E-state index in [1.54, 1.807) is 47.4 Å². The van der Waals surface area contributed by atoms with Gasteiger partial charge in [0.2, 0.25) is 0 Å². The third-order valence-corrected chi connectivity index (χ3v) is 8.30. The first kappa shape index (κ1) is 27.7. The number of hydrogen-bond acceptors (Lipinski definition) is 5. The van der Waals surface area contributed by atoms with Gasteiger partial charge in [-0.1, -0.05) is 31.2 Å². The molecule has 45 heavy (non-hydrogen) atoms. The van der Waals surface area contributed by atoms with Gasteiger partial charge in [-0.2, -0.15) is 5.10 Å². The number of nitrogens with one attached hydrogen (secondary N) is 5. The van der Waals surface area contributed by atoms with Crippen molar-refractivity contribution < 1.29 is 19.5 Å². The Balaban J connectivity index is 1.12. The zero-order valence-corrected chi connectivity index (χ0v) is 24.3. The van der Waals surface area contributed by atoms with E-state index in [1.807, 2.05) is 36.4 Å². The Morgan fingerprint density at radius 3 is 2.22 bits per heavy atom. The number of carbonyl (C=O) groups excluding carboxylic acids is 3. The van der Waals surface area contributed by atoms with Crippen LogP contribution in [-0.2, 0) is 0 Å². The standard InChI is InChI=1S/C34H29N7O4/c1-3-18-17-41(29-16-30(42)23-6-4-5-7-24(23)31(18)29)33(44)28-15-20-12-21(8-10-26(20)39-28)36-32(43)27-14-19-13-22(9-11-25(19)38-27)37-34(45)40-35-2/h4-16,18,38-39,42H,2-3,17H2,1H3,(H,36,43)(H2,37,40,45). The molecule has 4 amide bonds. The molecule has 0 saturated heterocycles. The Hall–Kier alpha value is -6.10. The van der Waals surface area contributed by atoms with Crippen LogP contribution in [0.5, 0.6) is 5.75 Å². The summed E-state index contributed by atoms with van der Waals surface area (Å²) in [6, 6.07) is 23.0. The number of phenolic OH excluding ortho intramolecular Hbond substituents is 1. The topological polar surface area (TPSA) is 155 Å². The Bertz CT molecular complexity index is 2180. The first-order valence-corrected chi connectivity index (χ1v) is 14.5. The Morgan fingerprint density at radius 2 is 1.53 bits per heavy atom. The summed E-state index contributed by atoms with van der Waals surface area (Å²) in [7, 11) is 0. The number of carbonyl (C=O) groups is 3. The molecule has 3 heterocycles. The first-order chi connectivity index (χ1) is 21.8. The predicted octanol–water partition coefficient (Wildman–Crippen LogP) is 6.65. The minimum atomic E-state index is -0.522. The number of benzene rings is 4. The quantitative estimate of drug-likeness (QED) is 0.0937. The zero-order valence-electron chi connectivity index (χ0n) is 24.3. The fourth-order valence-corrected chi connectivity index (χ4v) is 6.19. The predicted molar refractivity (Wildman–Crippen MR) is 177 cm³/mol. The number of amides is 4. The molecule has 0 bridgehead atoms. The van der Waals surface area contributed by atoms with Gasteiger partial charge in [0, 0.05) is 63.8 Å². The monoisotopic (exact) mass is 599 g/mol. The van der Waals surface area contributed by atoms with Gasteiger partial charge < -0.3 is 30.6 Å². The summed E-state index contributed by atoms with van der Waals surface area (Å²) in [5.74, 6) is -0.223. The van der Waals surface area contributed by atoms with Crippen molar-refractivity contribution in [1.82, 2.24) is 15.4 Å². The summed E-state index contributed by atoms with van der Waals surface area (Å²) in [4.78, 5) is 46.8. The molecule has 1 aliphatic rings. The Kier molecular flexibility index (Phi) is 6.70. The van der Waals surface area contributed by atoms with Crippen LogP contribution in [0.3, 0.4) is 0 Å². The van der Waals surface area contributed by atoms with Crippen molar-refractivity contribution in [1.29, 1.82) is 0 Å². The summed E-state index contributed by atoms with van der Waals surface area (Å²) in [5, 5.41) is 22.9. The highest BCUT2D eigenvalue weighted by atomic mass is 16.3. The van der Waals surface area contributed by atoms with Gasteiger partial charge >= 0.3 is 6.03 Å². The van der Waals surface area contributed by atoms with Crippen LogP contribution in [0.1, 0.15) is 45.8 Å². The SMILES string of the molecule is C=NNC(=O)Nc1ccc2[nH]c(C(=O)Nc3ccc4[nH]c(C(=O)N5CC(CC)c6c5cc(O)c5ccccc65)cc4c3)cc2c1. The second kappa shape index (κ2) is 10.9. The number of aromatic hydroxyl groups is 1. The van der Waals surface area contributed by atoms with Crippen molar-refractivity contribution in [2.75, 3.05) is 22.1 Å². The van der Waals surface area contributed by atoms with E-state index < -0.39 is 6.03 Å². The van der Waals surface area contributed by atoms with E-state index in [1.165, 1.54) is 0 Å². The maximum Gasteiger partial charge on any atom is 0.339 e. The van der Waals surface area contributed by atoms with Crippen molar-refractivity contribution in [2.24, 2.45) is 5.10 Å². The lowest BCUT2D eigenvalue weighted by atomic mass is 9.93. The molecular weight excluding hydrogens is 570 g/mol. The van der Waals surface area contributed by atoms with Crippen molar-refractivity contribution in [3.63, 3.8) is 0 Å². The fraction of sp³-hybridized carbons (Fsp3) is 0.118. The maximum atomic E-state index is 13.8. The summed E-state index contributed by atoms with van der Waals surface area (Å²) in [6.07, 6.45) is 0.861. The molecular formula is C34H29N7O4. The third-order valence-electron chi connectivity index (χ3n) is 8.30. The number of urea groups is 1. The molecule has 6 aromatic rings. The number of phenols is 1. The molecule has 224 valence electrons. The van der Waals surface area contributed by atoms with Crippen LogP contribution in [0.15, 0.2) is 84.0 Å². The van der Waals surface area contributed by atoms with E-state index in [-0.39, 0.29) is 23.5 Å². The molecule has 11 nitrogen and oxygen atoms in total. The van der Waals surface area contributed by atoms with Crippen LogP contribution in [0.4, 0.5) is 21.9 Å². The van der Waals surface area contributed by atoms with Gasteiger partial charge in [-0.3, -0.25) is 9.59 Å². The molecule has 1 aliphatic heterocycles. The fourth-order valence-electron chi connectivity index (χ4n) is 6.19. The van der Waals surface area contributed by atoms with Crippen LogP contribution in [-0.4, -0.2) is 46.2 Å². The smallest absolute Gasteiger partial charge is 0.339 e. The van der Waals surface area contributed by atoms with Gasteiger partial charge in [0.05, 0.1) is 5.69 Å². The molecule has 4 aromatic carbocycles. The number of aromatic amines is 2. The first-order valence-electron chi connectivity index (χ1n) is 14.5. The van der Waals surface area contributed by atoms with Gasteiger partial charge in [0.1, 0.15) is 17.1 Å². The van der Waals surface area contributed by atoms with Crippen molar-refractivity contribution in [3.8, 4) is 5.75 Å². The van der Waals surface area contributed by atoms with E-state index in [0.717, 1.165) is 50.2 Å². The number of fused-ring (bicyclic) bond motifs is 5. The van der Waals surface area contributed by atoms with E-state index in [0.29, 0.717) is 29.3 Å². The van der Waals surface area contributed by atoms with Crippen LogP contribution in [0.2, 0.25) is 0 Å². The molecule has 11 heteroatoms. The Labute approximate surface area is 256 Å². The van der Waals surface area contributed by atoms with Crippen molar-refractivity contribution >= 4 is 74.2 Å².